The van der Waals surface area contributed by atoms with Crippen LogP contribution in [0.1, 0.15) is 28.2 Å². The molecule has 1 aromatic heterocycles. The fraction of sp³-hybridized carbons (Fsp3) is 0.231. The number of methoxy groups -OCH3 is 1. The SMILES string of the molecule is COC(=O)c1cnc(NC(C)c2ccccc2)s1. The normalized spacial score (nSPS) is 11.9. The fourth-order valence-electron chi connectivity index (χ4n) is 1.55. The zero-order valence-electron chi connectivity index (χ0n) is 10.2. The van der Waals surface area contributed by atoms with Crippen LogP contribution in [0, 0.1) is 0 Å². The van der Waals surface area contributed by atoms with Gasteiger partial charge in [-0.1, -0.05) is 41.7 Å². The minimum atomic E-state index is -0.354. The molecule has 1 unspecified atom stereocenters. The van der Waals surface area contributed by atoms with Gasteiger partial charge in [-0.05, 0) is 12.5 Å². The first-order valence-electron chi connectivity index (χ1n) is 5.56. The maximum atomic E-state index is 11.3. The van der Waals surface area contributed by atoms with Crippen LogP contribution in [0.15, 0.2) is 36.5 Å². The molecule has 5 heteroatoms. The first-order valence-corrected chi connectivity index (χ1v) is 6.38. The summed E-state index contributed by atoms with van der Waals surface area (Å²) in [5.74, 6) is -0.354. The van der Waals surface area contributed by atoms with Crippen molar-refractivity contribution in [3.05, 3.63) is 47.0 Å². The van der Waals surface area contributed by atoms with Crippen molar-refractivity contribution >= 4 is 22.4 Å². The Morgan fingerprint density at radius 2 is 2.11 bits per heavy atom. The summed E-state index contributed by atoms with van der Waals surface area (Å²) in [6.45, 7) is 2.05. The largest absolute Gasteiger partial charge is 0.465 e. The standard InChI is InChI=1S/C13H14N2O2S/c1-9(10-6-4-3-5-7-10)15-13-14-8-11(18-13)12(16)17-2/h3-9H,1-2H3,(H,14,15). The molecule has 1 N–H and O–H groups in total. The second-order valence-electron chi connectivity index (χ2n) is 3.80. The molecule has 4 nitrogen and oxygen atoms in total. The van der Waals surface area contributed by atoms with E-state index in [2.05, 4.69) is 22.0 Å². The van der Waals surface area contributed by atoms with Gasteiger partial charge in [0, 0.05) is 0 Å². The summed E-state index contributed by atoms with van der Waals surface area (Å²) < 4.78 is 4.64. The van der Waals surface area contributed by atoms with E-state index in [4.69, 9.17) is 0 Å². The molecule has 1 heterocycles. The number of carbonyl (C=O) groups excluding carboxylic acids is 1. The quantitative estimate of drug-likeness (QED) is 0.860. The Hall–Kier alpha value is -1.88. The summed E-state index contributed by atoms with van der Waals surface area (Å²) in [6, 6.07) is 10.2. The lowest BCUT2D eigenvalue weighted by molar-refractivity contribution is 0.0606. The third-order valence-corrected chi connectivity index (χ3v) is 3.44. The van der Waals surface area contributed by atoms with Crippen molar-refractivity contribution in [2.75, 3.05) is 12.4 Å². The monoisotopic (exact) mass is 262 g/mol. The zero-order chi connectivity index (χ0) is 13.0. The number of nitrogens with one attached hydrogen (secondary N) is 1. The predicted octanol–water partition coefficient (Wildman–Crippen LogP) is 3.10. The molecule has 0 aliphatic rings. The highest BCUT2D eigenvalue weighted by atomic mass is 32.1. The van der Waals surface area contributed by atoms with Gasteiger partial charge in [0.25, 0.3) is 0 Å². The van der Waals surface area contributed by atoms with Crippen molar-refractivity contribution in [3.63, 3.8) is 0 Å². The molecule has 2 aromatic rings. The van der Waals surface area contributed by atoms with Gasteiger partial charge < -0.3 is 10.1 Å². The maximum Gasteiger partial charge on any atom is 0.349 e. The second-order valence-corrected chi connectivity index (χ2v) is 4.83. The summed E-state index contributed by atoms with van der Waals surface area (Å²) in [6.07, 6.45) is 1.52. The smallest absolute Gasteiger partial charge is 0.349 e. The number of esters is 1. The molecule has 2 rings (SSSR count). The van der Waals surface area contributed by atoms with Gasteiger partial charge in [-0.25, -0.2) is 9.78 Å². The average Bonchev–Trinajstić information content (AvgIpc) is 2.87. The van der Waals surface area contributed by atoms with Gasteiger partial charge in [0.1, 0.15) is 4.88 Å². The third-order valence-electron chi connectivity index (χ3n) is 2.53. The Bertz CT molecular complexity index is 525. The highest BCUT2D eigenvalue weighted by Crippen LogP contribution is 2.23. The Kier molecular flexibility index (Phi) is 3.94. The summed E-state index contributed by atoms with van der Waals surface area (Å²) in [4.78, 5) is 16.0. The van der Waals surface area contributed by atoms with Crippen molar-refractivity contribution in [1.29, 1.82) is 0 Å². The number of nitrogens with zero attached hydrogens (tertiary/aromatic N) is 1. The molecule has 0 amide bonds. The minimum absolute atomic E-state index is 0.142. The van der Waals surface area contributed by atoms with Crippen LogP contribution in [0.25, 0.3) is 0 Å². The number of rotatable bonds is 4. The molecule has 0 bridgehead atoms. The predicted molar refractivity (Wildman–Crippen MR) is 71.9 cm³/mol. The summed E-state index contributed by atoms with van der Waals surface area (Å²) in [7, 11) is 1.36. The lowest BCUT2D eigenvalue weighted by Gasteiger charge is -2.12. The minimum Gasteiger partial charge on any atom is -0.465 e. The average molecular weight is 262 g/mol. The van der Waals surface area contributed by atoms with E-state index in [1.54, 1.807) is 0 Å². The van der Waals surface area contributed by atoms with E-state index in [1.165, 1.54) is 30.2 Å². The Labute approximate surface area is 110 Å². The molecule has 1 aromatic carbocycles. The van der Waals surface area contributed by atoms with Crippen molar-refractivity contribution in [2.24, 2.45) is 0 Å². The number of carbonyl (C=O) groups is 1. The number of thiazole rings is 1. The molecular formula is C13H14N2O2S. The first-order chi connectivity index (χ1) is 8.70. The van der Waals surface area contributed by atoms with Crippen LogP contribution in [-0.4, -0.2) is 18.1 Å². The molecule has 1 atom stereocenters. The molecule has 0 spiro atoms. The van der Waals surface area contributed by atoms with Gasteiger partial charge in [-0.3, -0.25) is 0 Å². The Balaban J connectivity index is 2.06. The highest BCUT2D eigenvalue weighted by molar-refractivity contribution is 7.17. The molecule has 0 saturated carbocycles. The maximum absolute atomic E-state index is 11.3. The van der Waals surface area contributed by atoms with Crippen molar-refractivity contribution in [3.8, 4) is 0 Å². The number of hydrogen-bond acceptors (Lipinski definition) is 5. The summed E-state index contributed by atoms with van der Waals surface area (Å²) in [5, 5.41) is 3.97. The second kappa shape index (κ2) is 5.64. The topological polar surface area (TPSA) is 51.2 Å². The summed E-state index contributed by atoms with van der Waals surface area (Å²) in [5.41, 5.74) is 1.17. The van der Waals surface area contributed by atoms with E-state index in [0.29, 0.717) is 10.0 Å². The van der Waals surface area contributed by atoms with Crippen LogP contribution in [0.2, 0.25) is 0 Å². The van der Waals surface area contributed by atoms with Gasteiger partial charge in [0.15, 0.2) is 5.13 Å². The molecule has 94 valence electrons. The molecule has 0 aliphatic carbocycles. The van der Waals surface area contributed by atoms with E-state index in [-0.39, 0.29) is 12.0 Å². The van der Waals surface area contributed by atoms with Gasteiger partial charge in [-0.15, -0.1) is 0 Å². The third kappa shape index (κ3) is 2.87. The number of ether oxygens (including phenoxy) is 1. The van der Waals surface area contributed by atoms with Crippen molar-refractivity contribution in [2.45, 2.75) is 13.0 Å². The van der Waals surface area contributed by atoms with E-state index >= 15 is 0 Å². The lowest BCUT2D eigenvalue weighted by atomic mass is 10.1. The van der Waals surface area contributed by atoms with Crippen LogP contribution < -0.4 is 5.32 Å². The number of hydrogen-bond donors (Lipinski definition) is 1. The molecule has 0 aliphatic heterocycles. The van der Waals surface area contributed by atoms with E-state index in [0.717, 1.165) is 0 Å². The zero-order valence-corrected chi connectivity index (χ0v) is 11.0. The van der Waals surface area contributed by atoms with Gasteiger partial charge in [0.05, 0.1) is 19.3 Å². The van der Waals surface area contributed by atoms with E-state index < -0.39 is 0 Å². The summed E-state index contributed by atoms with van der Waals surface area (Å²) >= 11 is 1.29. The number of aromatic nitrogens is 1. The Morgan fingerprint density at radius 1 is 1.39 bits per heavy atom. The van der Waals surface area contributed by atoms with Gasteiger partial charge in [0.2, 0.25) is 0 Å². The number of anilines is 1. The lowest BCUT2D eigenvalue weighted by Crippen LogP contribution is -2.05. The first kappa shape index (κ1) is 12.6. The molecule has 0 radical (unpaired) electrons. The Morgan fingerprint density at radius 3 is 2.78 bits per heavy atom. The van der Waals surface area contributed by atoms with E-state index in [9.17, 15) is 4.79 Å². The van der Waals surface area contributed by atoms with Crippen LogP contribution in [0.4, 0.5) is 5.13 Å². The fourth-order valence-corrected chi connectivity index (χ4v) is 2.37. The molecule has 18 heavy (non-hydrogen) atoms. The van der Waals surface area contributed by atoms with Crippen LogP contribution in [0.5, 0.6) is 0 Å². The molecule has 0 saturated heterocycles. The van der Waals surface area contributed by atoms with Crippen LogP contribution in [-0.2, 0) is 4.74 Å². The van der Waals surface area contributed by atoms with Gasteiger partial charge >= 0.3 is 5.97 Å². The molecular weight excluding hydrogens is 248 g/mol. The molecule has 0 fully saturated rings. The highest BCUT2D eigenvalue weighted by Gasteiger charge is 2.12. The van der Waals surface area contributed by atoms with Crippen LogP contribution in [0.3, 0.4) is 0 Å². The van der Waals surface area contributed by atoms with Crippen molar-refractivity contribution < 1.29 is 9.53 Å². The van der Waals surface area contributed by atoms with Gasteiger partial charge in [-0.2, -0.15) is 0 Å². The van der Waals surface area contributed by atoms with Crippen molar-refractivity contribution in [1.82, 2.24) is 4.98 Å². The van der Waals surface area contributed by atoms with E-state index in [1.807, 2.05) is 30.3 Å². The number of benzene rings is 1. The van der Waals surface area contributed by atoms with Crippen LogP contribution >= 0.6 is 11.3 Å².